The first-order valence-electron chi connectivity index (χ1n) is 4.57. The van der Waals surface area contributed by atoms with Crippen molar-refractivity contribution in [2.75, 3.05) is 0 Å². The number of rotatable bonds is 5. The summed E-state index contributed by atoms with van der Waals surface area (Å²) < 4.78 is 0. The molecule has 0 amide bonds. The summed E-state index contributed by atoms with van der Waals surface area (Å²) in [6.45, 7) is 2.05. The van der Waals surface area contributed by atoms with E-state index in [2.05, 4.69) is 0 Å². The molecule has 0 unspecified atom stereocenters. The van der Waals surface area contributed by atoms with Crippen molar-refractivity contribution in [3.8, 4) is 0 Å². The molecule has 2 atom stereocenters. The number of hydrogen-bond acceptors (Lipinski definition) is 2. The van der Waals surface area contributed by atoms with Gasteiger partial charge in [0.25, 0.3) is 0 Å². The monoisotopic (exact) mass is 171 g/mol. The molecule has 0 spiro atoms. The molecule has 1 saturated carbocycles. The van der Waals surface area contributed by atoms with Crippen LogP contribution in [-0.4, -0.2) is 17.1 Å². The van der Waals surface area contributed by atoms with E-state index < -0.39 is 5.97 Å². The second-order valence-corrected chi connectivity index (χ2v) is 3.92. The molecule has 12 heavy (non-hydrogen) atoms. The molecule has 1 aliphatic carbocycles. The van der Waals surface area contributed by atoms with Crippen molar-refractivity contribution >= 4 is 5.97 Å². The van der Waals surface area contributed by atoms with E-state index >= 15 is 0 Å². The number of carboxylic acid groups (broad SMARTS) is 1. The molecule has 70 valence electrons. The number of carboxylic acids is 1. The maximum absolute atomic E-state index is 10.3. The van der Waals surface area contributed by atoms with Crippen molar-refractivity contribution in [3.63, 3.8) is 0 Å². The summed E-state index contributed by atoms with van der Waals surface area (Å²) in [6.07, 6.45) is 3.83. The minimum Gasteiger partial charge on any atom is -0.481 e. The first-order valence-corrected chi connectivity index (χ1v) is 4.57. The third kappa shape index (κ3) is 3.22. The van der Waals surface area contributed by atoms with Crippen molar-refractivity contribution in [3.05, 3.63) is 0 Å². The summed E-state index contributed by atoms with van der Waals surface area (Å²) in [5.74, 6) is 0.401. The first-order chi connectivity index (χ1) is 5.59. The van der Waals surface area contributed by atoms with Crippen LogP contribution in [0.15, 0.2) is 0 Å². The smallest absolute Gasteiger partial charge is 0.304 e. The lowest BCUT2D eigenvalue weighted by Crippen LogP contribution is -2.31. The molecular weight excluding hydrogens is 154 g/mol. The van der Waals surface area contributed by atoms with Gasteiger partial charge in [-0.2, -0.15) is 0 Å². The number of carbonyl (C=O) groups is 1. The first kappa shape index (κ1) is 9.52. The highest BCUT2D eigenvalue weighted by atomic mass is 16.4. The van der Waals surface area contributed by atoms with Crippen LogP contribution in [0.1, 0.15) is 32.6 Å². The van der Waals surface area contributed by atoms with Gasteiger partial charge in [-0.05, 0) is 18.3 Å². The Labute approximate surface area is 72.9 Å². The second kappa shape index (κ2) is 3.90. The summed E-state index contributed by atoms with van der Waals surface area (Å²) in [4.78, 5) is 10.3. The molecule has 1 fully saturated rings. The van der Waals surface area contributed by atoms with Crippen molar-refractivity contribution in [1.82, 2.24) is 0 Å². The van der Waals surface area contributed by atoms with Crippen molar-refractivity contribution in [1.29, 1.82) is 0 Å². The maximum atomic E-state index is 10.3. The fourth-order valence-corrected chi connectivity index (χ4v) is 1.46. The third-order valence-corrected chi connectivity index (χ3v) is 2.54. The van der Waals surface area contributed by atoms with Crippen LogP contribution in [0.3, 0.4) is 0 Å². The minimum atomic E-state index is -0.787. The molecule has 1 aliphatic rings. The Hall–Kier alpha value is -0.570. The van der Waals surface area contributed by atoms with Gasteiger partial charge in [-0.1, -0.05) is 19.8 Å². The number of hydrogen-bond donors (Lipinski definition) is 2. The highest BCUT2D eigenvalue weighted by Crippen LogP contribution is 2.36. The van der Waals surface area contributed by atoms with Crippen molar-refractivity contribution in [2.24, 2.45) is 17.6 Å². The van der Waals surface area contributed by atoms with Crippen LogP contribution in [-0.2, 0) is 4.79 Å². The fourth-order valence-electron chi connectivity index (χ4n) is 1.46. The van der Waals surface area contributed by atoms with E-state index in [-0.39, 0.29) is 12.5 Å². The van der Waals surface area contributed by atoms with E-state index in [0.29, 0.717) is 5.92 Å². The molecular formula is C9H17NO2. The van der Waals surface area contributed by atoms with Gasteiger partial charge in [-0.15, -0.1) is 0 Å². The van der Waals surface area contributed by atoms with Gasteiger partial charge in [0, 0.05) is 6.04 Å². The zero-order valence-corrected chi connectivity index (χ0v) is 7.49. The van der Waals surface area contributed by atoms with Crippen LogP contribution >= 0.6 is 0 Å². The molecule has 0 saturated heterocycles. The summed E-state index contributed by atoms with van der Waals surface area (Å²) in [5.41, 5.74) is 5.71. The van der Waals surface area contributed by atoms with E-state index in [4.69, 9.17) is 10.8 Å². The van der Waals surface area contributed by atoms with E-state index in [1.165, 1.54) is 12.8 Å². The zero-order chi connectivity index (χ0) is 9.14. The van der Waals surface area contributed by atoms with Gasteiger partial charge in [0.05, 0.1) is 6.42 Å². The molecule has 0 radical (unpaired) electrons. The lowest BCUT2D eigenvalue weighted by atomic mass is 9.94. The highest BCUT2D eigenvalue weighted by molar-refractivity contribution is 5.67. The predicted molar refractivity (Wildman–Crippen MR) is 46.7 cm³/mol. The number of aliphatic carboxylic acids is 1. The van der Waals surface area contributed by atoms with E-state index in [9.17, 15) is 4.79 Å². The van der Waals surface area contributed by atoms with Gasteiger partial charge in [-0.25, -0.2) is 0 Å². The molecule has 1 rings (SSSR count). The maximum Gasteiger partial charge on any atom is 0.304 e. The van der Waals surface area contributed by atoms with Crippen LogP contribution < -0.4 is 5.73 Å². The van der Waals surface area contributed by atoms with Crippen LogP contribution in [0.25, 0.3) is 0 Å². The van der Waals surface area contributed by atoms with Crippen molar-refractivity contribution < 1.29 is 9.90 Å². The Bertz CT molecular complexity index is 166. The average molecular weight is 171 g/mol. The second-order valence-electron chi connectivity index (χ2n) is 3.92. The molecule has 0 aliphatic heterocycles. The topological polar surface area (TPSA) is 63.3 Å². The zero-order valence-electron chi connectivity index (χ0n) is 7.49. The Morgan fingerprint density at radius 2 is 2.25 bits per heavy atom. The van der Waals surface area contributed by atoms with Crippen LogP contribution in [0, 0.1) is 11.8 Å². The normalized spacial score (nSPS) is 21.8. The predicted octanol–water partition coefficient (Wildman–Crippen LogP) is 1.22. The Balaban J connectivity index is 2.19. The van der Waals surface area contributed by atoms with Gasteiger partial charge >= 0.3 is 5.97 Å². The van der Waals surface area contributed by atoms with E-state index in [1.807, 2.05) is 6.92 Å². The molecule has 0 bridgehead atoms. The molecule has 3 nitrogen and oxygen atoms in total. The molecule has 3 heteroatoms. The van der Waals surface area contributed by atoms with Crippen LogP contribution in [0.4, 0.5) is 0 Å². The SMILES string of the molecule is C[C@@H](CC1CC1)[C@H](N)CC(=O)O. The highest BCUT2D eigenvalue weighted by Gasteiger charge is 2.26. The molecule has 0 aromatic carbocycles. The minimum absolute atomic E-state index is 0.105. The lowest BCUT2D eigenvalue weighted by Gasteiger charge is -2.17. The Kier molecular flexibility index (Phi) is 3.09. The van der Waals surface area contributed by atoms with Crippen LogP contribution in [0.5, 0.6) is 0 Å². The van der Waals surface area contributed by atoms with Gasteiger partial charge in [0.2, 0.25) is 0 Å². The fraction of sp³-hybridized carbons (Fsp3) is 0.889. The molecule has 0 aromatic rings. The largest absolute Gasteiger partial charge is 0.481 e. The average Bonchev–Trinajstić information content (AvgIpc) is 2.70. The summed E-state index contributed by atoms with van der Waals surface area (Å²) in [6, 6.07) is -0.164. The summed E-state index contributed by atoms with van der Waals surface area (Å²) in [7, 11) is 0. The van der Waals surface area contributed by atoms with E-state index in [0.717, 1.165) is 12.3 Å². The third-order valence-electron chi connectivity index (χ3n) is 2.54. The Morgan fingerprint density at radius 3 is 2.67 bits per heavy atom. The van der Waals surface area contributed by atoms with Gasteiger partial charge < -0.3 is 10.8 Å². The van der Waals surface area contributed by atoms with Crippen LogP contribution in [0.2, 0.25) is 0 Å². The quantitative estimate of drug-likeness (QED) is 0.653. The van der Waals surface area contributed by atoms with Gasteiger partial charge in [0.15, 0.2) is 0 Å². The molecule has 0 aromatic heterocycles. The number of nitrogens with two attached hydrogens (primary N) is 1. The summed E-state index contributed by atoms with van der Waals surface area (Å²) >= 11 is 0. The molecule has 3 N–H and O–H groups in total. The molecule has 0 heterocycles. The van der Waals surface area contributed by atoms with Crippen molar-refractivity contribution in [2.45, 2.75) is 38.6 Å². The van der Waals surface area contributed by atoms with Gasteiger partial charge in [-0.3, -0.25) is 4.79 Å². The Morgan fingerprint density at radius 1 is 1.67 bits per heavy atom. The standard InChI is InChI=1S/C9H17NO2/c1-6(4-7-2-3-7)8(10)5-9(11)12/h6-8H,2-5,10H2,1H3,(H,11,12)/t6-,8+/m0/s1. The van der Waals surface area contributed by atoms with E-state index in [1.54, 1.807) is 0 Å². The van der Waals surface area contributed by atoms with Gasteiger partial charge in [0.1, 0.15) is 0 Å². The summed E-state index contributed by atoms with van der Waals surface area (Å²) in [5, 5.41) is 8.50. The lowest BCUT2D eigenvalue weighted by molar-refractivity contribution is -0.137.